The molecule has 0 fully saturated rings. The topological polar surface area (TPSA) is 43.4 Å². The number of benzene rings is 3. The predicted molar refractivity (Wildman–Crippen MR) is 106 cm³/mol. The summed E-state index contributed by atoms with van der Waals surface area (Å²) in [4.78, 5) is 25.1. The van der Waals surface area contributed by atoms with Crippen LogP contribution in [0.3, 0.4) is 0 Å². The molecular weight excluding hydrogens is 355 g/mol. The number of ether oxygens (including phenoxy) is 1. The Bertz CT molecular complexity index is 932. The monoisotopic (exact) mass is 376 g/mol. The first-order valence-corrected chi connectivity index (χ1v) is 9.25. The van der Waals surface area contributed by atoms with E-state index in [1.165, 1.54) is 24.3 Å². The van der Waals surface area contributed by atoms with E-state index in [9.17, 15) is 14.0 Å². The van der Waals surface area contributed by atoms with Crippen molar-refractivity contribution in [3.8, 4) is 5.75 Å². The summed E-state index contributed by atoms with van der Waals surface area (Å²) in [6.45, 7) is 2.03. The van der Waals surface area contributed by atoms with Crippen LogP contribution in [-0.4, -0.2) is 11.8 Å². The molecule has 3 rings (SSSR count). The lowest BCUT2D eigenvalue weighted by Gasteiger charge is -2.15. The molecule has 3 aromatic rings. The second-order valence-corrected chi connectivity index (χ2v) is 6.53. The second kappa shape index (κ2) is 9.09. The Morgan fingerprint density at radius 1 is 0.857 bits per heavy atom. The molecule has 0 spiro atoms. The molecule has 0 aromatic heterocycles. The Morgan fingerprint density at radius 3 is 2.00 bits per heavy atom. The smallest absolute Gasteiger partial charge is 0.318 e. The molecule has 3 aromatic carbocycles. The Morgan fingerprint density at radius 2 is 1.43 bits per heavy atom. The molecule has 0 saturated heterocycles. The Balaban J connectivity index is 1.71. The molecule has 4 heteroatoms. The molecule has 28 heavy (non-hydrogen) atoms. The average molecular weight is 376 g/mol. The molecule has 0 saturated carbocycles. The molecule has 0 N–H and O–H groups in total. The van der Waals surface area contributed by atoms with Crippen LogP contribution in [0.15, 0.2) is 78.9 Å². The van der Waals surface area contributed by atoms with Crippen molar-refractivity contribution in [1.29, 1.82) is 0 Å². The first-order valence-electron chi connectivity index (χ1n) is 9.25. The lowest BCUT2D eigenvalue weighted by Crippen LogP contribution is -2.18. The molecule has 0 amide bonds. The van der Waals surface area contributed by atoms with Crippen LogP contribution < -0.4 is 4.74 Å². The van der Waals surface area contributed by atoms with Crippen molar-refractivity contribution < 1.29 is 18.7 Å². The first-order chi connectivity index (χ1) is 13.6. The zero-order valence-electron chi connectivity index (χ0n) is 15.6. The van der Waals surface area contributed by atoms with Crippen LogP contribution in [0.1, 0.15) is 47.2 Å². The van der Waals surface area contributed by atoms with E-state index < -0.39 is 0 Å². The summed E-state index contributed by atoms with van der Waals surface area (Å²) in [6, 6.07) is 21.4. The molecule has 0 aliphatic rings. The zero-order valence-corrected chi connectivity index (χ0v) is 15.6. The highest BCUT2D eigenvalue weighted by atomic mass is 19.1. The van der Waals surface area contributed by atoms with Gasteiger partial charge in [-0.05, 0) is 60.5 Å². The number of halogens is 1. The van der Waals surface area contributed by atoms with Gasteiger partial charge in [0.25, 0.3) is 0 Å². The van der Waals surface area contributed by atoms with Gasteiger partial charge in [0.05, 0.1) is 5.92 Å². The highest BCUT2D eigenvalue weighted by molar-refractivity contribution is 6.09. The van der Waals surface area contributed by atoms with Gasteiger partial charge in [-0.1, -0.05) is 43.7 Å². The number of hydrogen-bond acceptors (Lipinski definition) is 3. The third-order valence-corrected chi connectivity index (χ3v) is 4.51. The molecule has 0 bridgehead atoms. The van der Waals surface area contributed by atoms with Crippen molar-refractivity contribution in [2.45, 2.75) is 25.7 Å². The fourth-order valence-corrected chi connectivity index (χ4v) is 3.02. The van der Waals surface area contributed by atoms with Gasteiger partial charge >= 0.3 is 5.97 Å². The maximum Gasteiger partial charge on any atom is 0.318 e. The SMILES string of the molecule is CCC[C@H](C(=O)Oc1ccc(C(=O)c2ccc(F)cc2)cc1)c1ccccc1. The molecular formula is C24H21FO3. The summed E-state index contributed by atoms with van der Waals surface area (Å²) in [5.41, 5.74) is 1.77. The van der Waals surface area contributed by atoms with E-state index in [0.717, 1.165) is 12.0 Å². The first kappa shape index (κ1) is 19.5. The second-order valence-electron chi connectivity index (χ2n) is 6.53. The van der Waals surface area contributed by atoms with E-state index in [0.29, 0.717) is 23.3 Å². The van der Waals surface area contributed by atoms with Gasteiger partial charge in [-0.15, -0.1) is 0 Å². The largest absolute Gasteiger partial charge is 0.426 e. The molecule has 0 heterocycles. The number of hydrogen-bond donors (Lipinski definition) is 0. The van der Waals surface area contributed by atoms with Gasteiger partial charge in [0.2, 0.25) is 0 Å². The fraction of sp³-hybridized carbons (Fsp3) is 0.167. The van der Waals surface area contributed by atoms with Crippen molar-refractivity contribution in [3.63, 3.8) is 0 Å². The molecule has 0 aliphatic carbocycles. The standard InChI is InChI=1S/C24H21FO3/c1-2-6-22(17-7-4-3-5-8-17)24(27)28-21-15-11-19(12-16-21)23(26)18-9-13-20(25)14-10-18/h3-5,7-16,22H,2,6H2,1H3/t22-/m0/s1. The summed E-state index contributed by atoms with van der Waals surface area (Å²) in [5, 5.41) is 0. The summed E-state index contributed by atoms with van der Waals surface area (Å²) >= 11 is 0. The quantitative estimate of drug-likeness (QED) is 0.309. The van der Waals surface area contributed by atoms with Crippen molar-refractivity contribution in [2.24, 2.45) is 0 Å². The normalized spacial score (nSPS) is 11.6. The molecule has 0 unspecified atom stereocenters. The molecule has 1 atom stereocenters. The predicted octanol–water partition coefficient (Wildman–Crippen LogP) is 5.55. The third kappa shape index (κ3) is 4.71. The minimum atomic E-state index is -0.390. The number of carbonyl (C=O) groups is 2. The van der Waals surface area contributed by atoms with Crippen LogP contribution in [0.4, 0.5) is 4.39 Å². The van der Waals surface area contributed by atoms with Crippen molar-refractivity contribution in [2.75, 3.05) is 0 Å². The van der Waals surface area contributed by atoms with Crippen LogP contribution in [-0.2, 0) is 4.79 Å². The van der Waals surface area contributed by atoms with E-state index >= 15 is 0 Å². The minimum absolute atomic E-state index is 0.217. The Hall–Kier alpha value is -3.27. The van der Waals surface area contributed by atoms with Gasteiger partial charge in [-0.2, -0.15) is 0 Å². The van der Waals surface area contributed by atoms with Gasteiger partial charge in [0.1, 0.15) is 11.6 Å². The summed E-state index contributed by atoms with van der Waals surface area (Å²) in [5.74, 6) is -0.861. The van der Waals surface area contributed by atoms with Gasteiger partial charge in [-0.25, -0.2) is 4.39 Å². The average Bonchev–Trinajstić information content (AvgIpc) is 2.73. The number of carbonyl (C=O) groups excluding carboxylic acids is 2. The van der Waals surface area contributed by atoms with Gasteiger partial charge in [0, 0.05) is 11.1 Å². The highest BCUT2D eigenvalue weighted by Gasteiger charge is 2.22. The number of ketones is 1. The lowest BCUT2D eigenvalue weighted by molar-refractivity contribution is -0.136. The third-order valence-electron chi connectivity index (χ3n) is 4.51. The molecule has 3 nitrogen and oxygen atoms in total. The van der Waals surface area contributed by atoms with E-state index in [4.69, 9.17) is 4.74 Å². The van der Waals surface area contributed by atoms with Gasteiger partial charge < -0.3 is 4.74 Å². The van der Waals surface area contributed by atoms with Crippen LogP contribution in [0.2, 0.25) is 0 Å². The molecule has 142 valence electrons. The number of rotatable bonds is 7. The van der Waals surface area contributed by atoms with E-state index in [2.05, 4.69) is 0 Å². The van der Waals surface area contributed by atoms with Crippen molar-refractivity contribution in [1.82, 2.24) is 0 Å². The van der Waals surface area contributed by atoms with E-state index in [-0.39, 0.29) is 23.5 Å². The van der Waals surface area contributed by atoms with Crippen LogP contribution in [0.25, 0.3) is 0 Å². The fourth-order valence-electron chi connectivity index (χ4n) is 3.02. The minimum Gasteiger partial charge on any atom is -0.426 e. The highest BCUT2D eigenvalue weighted by Crippen LogP contribution is 2.24. The maximum absolute atomic E-state index is 13.0. The van der Waals surface area contributed by atoms with Crippen LogP contribution in [0.5, 0.6) is 5.75 Å². The van der Waals surface area contributed by atoms with E-state index in [1.54, 1.807) is 24.3 Å². The molecule has 0 aliphatic heterocycles. The Kier molecular flexibility index (Phi) is 6.33. The van der Waals surface area contributed by atoms with Gasteiger partial charge in [-0.3, -0.25) is 9.59 Å². The van der Waals surface area contributed by atoms with Gasteiger partial charge in [0.15, 0.2) is 5.78 Å². The van der Waals surface area contributed by atoms with Crippen LogP contribution >= 0.6 is 0 Å². The lowest BCUT2D eigenvalue weighted by atomic mass is 9.95. The summed E-state index contributed by atoms with van der Waals surface area (Å²) in [7, 11) is 0. The molecule has 0 radical (unpaired) electrons. The van der Waals surface area contributed by atoms with Crippen LogP contribution in [0, 0.1) is 5.82 Å². The summed E-state index contributed by atoms with van der Waals surface area (Å²) < 4.78 is 18.5. The zero-order chi connectivity index (χ0) is 19.9. The maximum atomic E-state index is 13.0. The van der Waals surface area contributed by atoms with Crippen molar-refractivity contribution >= 4 is 11.8 Å². The van der Waals surface area contributed by atoms with Crippen molar-refractivity contribution in [3.05, 3.63) is 101 Å². The summed E-state index contributed by atoms with van der Waals surface area (Å²) in [6.07, 6.45) is 1.56. The van der Waals surface area contributed by atoms with E-state index in [1.807, 2.05) is 37.3 Å². The Labute approximate surface area is 163 Å². The number of esters is 1.